The topological polar surface area (TPSA) is 71.3 Å². The van der Waals surface area contributed by atoms with Gasteiger partial charge in [-0.25, -0.2) is 9.67 Å². The van der Waals surface area contributed by atoms with Gasteiger partial charge in [-0.1, -0.05) is 30.3 Å². The summed E-state index contributed by atoms with van der Waals surface area (Å²) in [6.45, 7) is 9.19. The molecule has 3 aromatic rings. The fourth-order valence-electron chi connectivity index (χ4n) is 3.49. The van der Waals surface area contributed by atoms with Gasteiger partial charge in [0.1, 0.15) is 0 Å². The predicted molar refractivity (Wildman–Crippen MR) is 118 cm³/mol. The number of likely N-dealkylation sites (N-methyl/N-ethyl adjacent to an activating group) is 2. The van der Waals surface area contributed by atoms with Gasteiger partial charge in [0.2, 0.25) is 5.91 Å². The summed E-state index contributed by atoms with van der Waals surface area (Å²) in [4.78, 5) is 33.8. The third-order valence-corrected chi connectivity index (χ3v) is 5.19. The first kappa shape index (κ1) is 21.5. The number of fused-ring (bicyclic) bond motifs is 1. The second-order valence-electron chi connectivity index (χ2n) is 7.57. The smallest absolute Gasteiger partial charge is 0.254 e. The first-order valence-electron chi connectivity index (χ1n) is 10.3. The van der Waals surface area contributed by atoms with E-state index in [1.807, 2.05) is 62.7 Å². The molecule has 2 heterocycles. The summed E-state index contributed by atoms with van der Waals surface area (Å²) in [7, 11) is 1.66. The maximum absolute atomic E-state index is 13.3. The van der Waals surface area contributed by atoms with Crippen LogP contribution < -0.4 is 0 Å². The van der Waals surface area contributed by atoms with Crippen molar-refractivity contribution in [3.8, 4) is 11.3 Å². The third-order valence-electron chi connectivity index (χ3n) is 5.19. The van der Waals surface area contributed by atoms with Crippen molar-refractivity contribution < 1.29 is 9.59 Å². The second-order valence-corrected chi connectivity index (χ2v) is 7.57. The van der Waals surface area contributed by atoms with Crippen molar-refractivity contribution in [3.63, 3.8) is 0 Å². The van der Waals surface area contributed by atoms with Gasteiger partial charge in [0.25, 0.3) is 5.91 Å². The van der Waals surface area contributed by atoms with Crippen molar-refractivity contribution in [2.45, 2.75) is 33.7 Å². The van der Waals surface area contributed by atoms with Crippen LogP contribution in [0.5, 0.6) is 0 Å². The van der Waals surface area contributed by atoms with E-state index < -0.39 is 0 Å². The van der Waals surface area contributed by atoms with Crippen molar-refractivity contribution in [1.82, 2.24) is 24.6 Å². The number of amides is 2. The summed E-state index contributed by atoms with van der Waals surface area (Å²) >= 11 is 0. The number of rotatable bonds is 7. The number of carbonyl (C=O) groups is 2. The summed E-state index contributed by atoms with van der Waals surface area (Å²) in [5, 5.41) is 5.15. The average molecular weight is 408 g/mol. The first-order chi connectivity index (χ1) is 14.4. The minimum atomic E-state index is -0.219. The summed E-state index contributed by atoms with van der Waals surface area (Å²) in [6.07, 6.45) is 1.68. The largest absolute Gasteiger partial charge is 0.342 e. The lowest BCUT2D eigenvalue weighted by Gasteiger charge is -2.23. The fraction of sp³-hybridized carbons (Fsp3) is 0.391. The van der Waals surface area contributed by atoms with Gasteiger partial charge in [-0.2, -0.15) is 5.10 Å². The number of benzene rings is 1. The summed E-state index contributed by atoms with van der Waals surface area (Å²) < 4.78 is 1.82. The molecule has 2 aromatic heterocycles. The molecule has 0 fully saturated rings. The van der Waals surface area contributed by atoms with Crippen LogP contribution in [0, 0.1) is 0 Å². The Kier molecular flexibility index (Phi) is 6.50. The zero-order chi connectivity index (χ0) is 21.8. The van der Waals surface area contributed by atoms with Crippen LogP contribution in [0.4, 0.5) is 0 Å². The lowest BCUT2D eigenvalue weighted by molar-refractivity contribution is -0.131. The van der Waals surface area contributed by atoms with Crippen LogP contribution in [0.15, 0.2) is 42.6 Å². The van der Waals surface area contributed by atoms with Crippen molar-refractivity contribution in [1.29, 1.82) is 0 Å². The predicted octanol–water partition coefficient (Wildman–Crippen LogP) is 3.62. The molecule has 3 rings (SSSR count). The molecule has 7 nitrogen and oxygen atoms in total. The van der Waals surface area contributed by atoms with Gasteiger partial charge in [-0.05, 0) is 33.8 Å². The fourth-order valence-corrected chi connectivity index (χ4v) is 3.49. The Morgan fingerprint density at radius 3 is 2.37 bits per heavy atom. The van der Waals surface area contributed by atoms with Crippen LogP contribution in [0.1, 0.15) is 44.1 Å². The summed E-state index contributed by atoms with van der Waals surface area (Å²) in [5.41, 5.74) is 2.79. The Bertz CT molecular complexity index is 1040. The molecule has 0 aliphatic heterocycles. The van der Waals surface area contributed by atoms with E-state index in [4.69, 9.17) is 4.98 Å². The molecule has 0 bridgehead atoms. The zero-order valence-corrected chi connectivity index (χ0v) is 18.3. The monoisotopic (exact) mass is 407 g/mol. The van der Waals surface area contributed by atoms with Crippen LogP contribution >= 0.6 is 0 Å². The SMILES string of the molecule is CCN(CC)C(=O)CN(C)C(=O)c1cc(-c2ccccc2)nc2c1cnn2C(C)C. The van der Waals surface area contributed by atoms with E-state index >= 15 is 0 Å². The average Bonchev–Trinajstić information content (AvgIpc) is 3.18. The van der Waals surface area contributed by atoms with Crippen LogP contribution in [0.2, 0.25) is 0 Å². The van der Waals surface area contributed by atoms with E-state index in [9.17, 15) is 9.59 Å². The molecule has 7 heteroatoms. The van der Waals surface area contributed by atoms with E-state index in [2.05, 4.69) is 5.10 Å². The number of pyridine rings is 1. The summed E-state index contributed by atoms with van der Waals surface area (Å²) in [5.74, 6) is -0.286. The molecule has 0 saturated carbocycles. The molecule has 158 valence electrons. The number of hydrogen-bond donors (Lipinski definition) is 0. The first-order valence-corrected chi connectivity index (χ1v) is 10.3. The Morgan fingerprint density at radius 1 is 1.10 bits per heavy atom. The highest BCUT2D eigenvalue weighted by atomic mass is 16.2. The van der Waals surface area contributed by atoms with Gasteiger partial charge in [-0.3, -0.25) is 9.59 Å². The highest BCUT2D eigenvalue weighted by Gasteiger charge is 2.23. The highest BCUT2D eigenvalue weighted by Crippen LogP contribution is 2.27. The maximum atomic E-state index is 13.3. The van der Waals surface area contributed by atoms with Crippen molar-refractivity contribution in [2.75, 3.05) is 26.7 Å². The van der Waals surface area contributed by atoms with Gasteiger partial charge in [-0.15, -0.1) is 0 Å². The Hall–Kier alpha value is -3.22. The van der Waals surface area contributed by atoms with Crippen LogP contribution in [-0.4, -0.2) is 63.1 Å². The van der Waals surface area contributed by atoms with Gasteiger partial charge in [0.05, 0.1) is 29.4 Å². The van der Waals surface area contributed by atoms with Crippen LogP contribution in [-0.2, 0) is 4.79 Å². The third kappa shape index (κ3) is 4.20. The molecule has 0 unspecified atom stereocenters. The van der Waals surface area contributed by atoms with Gasteiger partial charge in [0.15, 0.2) is 5.65 Å². The van der Waals surface area contributed by atoms with Crippen molar-refractivity contribution in [2.24, 2.45) is 0 Å². The molecule has 1 aromatic carbocycles. The molecule has 0 atom stereocenters. The number of hydrogen-bond acceptors (Lipinski definition) is 4. The van der Waals surface area contributed by atoms with Crippen LogP contribution in [0.3, 0.4) is 0 Å². The molecular weight excluding hydrogens is 378 g/mol. The zero-order valence-electron chi connectivity index (χ0n) is 18.3. The molecule has 0 N–H and O–H groups in total. The maximum Gasteiger partial charge on any atom is 0.254 e. The van der Waals surface area contributed by atoms with E-state index in [1.165, 1.54) is 4.90 Å². The molecule has 0 spiro atoms. The van der Waals surface area contributed by atoms with E-state index in [-0.39, 0.29) is 24.4 Å². The van der Waals surface area contributed by atoms with E-state index in [0.717, 1.165) is 5.56 Å². The van der Waals surface area contributed by atoms with E-state index in [0.29, 0.717) is 35.4 Å². The molecular formula is C23H29N5O2. The minimum absolute atomic E-state index is 0.0311. The number of aromatic nitrogens is 3. The standard InChI is InChI=1S/C23H29N5O2/c1-6-27(7-2)21(29)15-26(5)23(30)18-13-20(17-11-9-8-10-12-17)25-22-19(18)14-24-28(22)16(3)4/h8-14,16H,6-7,15H2,1-5H3. The molecule has 30 heavy (non-hydrogen) atoms. The molecule has 0 radical (unpaired) electrons. The van der Waals surface area contributed by atoms with Gasteiger partial charge < -0.3 is 9.80 Å². The lowest BCUT2D eigenvalue weighted by Crippen LogP contribution is -2.41. The Labute approximate surface area is 177 Å². The number of carbonyl (C=O) groups excluding carboxylic acids is 2. The molecule has 0 aliphatic rings. The van der Waals surface area contributed by atoms with Crippen LogP contribution in [0.25, 0.3) is 22.3 Å². The quantitative estimate of drug-likeness (QED) is 0.600. The molecule has 2 amide bonds. The normalized spacial score (nSPS) is 11.1. The second kappa shape index (κ2) is 9.07. The highest BCUT2D eigenvalue weighted by molar-refractivity contribution is 6.07. The summed E-state index contributed by atoms with van der Waals surface area (Å²) in [6, 6.07) is 11.7. The van der Waals surface area contributed by atoms with Crippen molar-refractivity contribution >= 4 is 22.8 Å². The number of nitrogens with zero attached hydrogens (tertiary/aromatic N) is 5. The van der Waals surface area contributed by atoms with Gasteiger partial charge >= 0.3 is 0 Å². The lowest BCUT2D eigenvalue weighted by atomic mass is 10.1. The Morgan fingerprint density at radius 2 is 1.77 bits per heavy atom. The minimum Gasteiger partial charge on any atom is -0.342 e. The van der Waals surface area contributed by atoms with Crippen molar-refractivity contribution in [3.05, 3.63) is 48.2 Å². The Balaban J connectivity index is 2.05. The molecule has 0 saturated heterocycles. The van der Waals surface area contributed by atoms with E-state index in [1.54, 1.807) is 24.2 Å². The van der Waals surface area contributed by atoms with Gasteiger partial charge in [0, 0.05) is 31.7 Å². The molecule has 0 aliphatic carbocycles.